The van der Waals surface area contributed by atoms with E-state index in [-0.39, 0.29) is 11.9 Å². The first-order valence-electron chi connectivity index (χ1n) is 6.63. The molecule has 2 aromatic rings. The van der Waals surface area contributed by atoms with Crippen LogP contribution in [0, 0.1) is 20.8 Å². The zero-order chi connectivity index (χ0) is 14.9. The van der Waals surface area contributed by atoms with Crippen LogP contribution in [-0.2, 0) is 0 Å². The van der Waals surface area contributed by atoms with Crippen LogP contribution in [-0.4, -0.2) is 5.91 Å². The number of amides is 1. The molecule has 1 atom stereocenters. The Bertz CT molecular complexity index is 646. The van der Waals surface area contributed by atoms with Gasteiger partial charge in [-0.1, -0.05) is 12.1 Å². The van der Waals surface area contributed by atoms with Gasteiger partial charge >= 0.3 is 0 Å². The van der Waals surface area contributed by atoms with Gasteiger partial charge in [-0.3, -0.25) is 4.79 Å². The van der Waals surface area contributed by atoms with Crippen molar-refractivity contribution in [2.75, 3.05) is 5.73 Å². The highest BCUT2D eigenvalue weighted by Gasteiger charge is 2.16. The fourth-order valence-electron chi connectivity index (χ4n) is 2.31. The van der Waals surface area contributed by atoms with E-state index < -0.39 is 0 Å². The van der Waals surface area contributed by atoms with Gasteiger partial charge in [-0.25, -0.2) is 0 Å². The standard InChI is InChI=1S/C16H20N2OS/c1-9-6-5-7-13(15(9)17)16(19)18-11(3)14-8-10(2)20-12(14)4/h5-8,11H,17H2,1-4H3,(H,18,19). The Kier molecular flexibility index (Phi) is 4.14. The molecule has 4 heteroatoms. The lowest BCUT2D eigenvalue weighted by atomic mass is 10.1. The van der Waals surface area contributed by atoms with Gasteiger partial charge in [0.1, 0.15) is 0 Å². The highest BCUT2D eigenvalue weighted by molar-refractivity contribution is 7.12. The van der Waals surface area contributed by atoms with E-state index in [0.717, 1.165) is 5.56 Å². The van der Waals surface area contributed by atoms with Crippen LogP contribution >= 0.6 is 11.3 Å². The summed E-state index contributed by atoms with van der Waals surface area (Å²) in [5.74, 6) is -0.123. The van der Waals surface area contributed by atoms with Crippen LogP contribution < -0.4 is 11.1 Å². The molecule has 0 aliphatic carbocycles. The fraction of sp³-hybridized carbons (Fsp3) is 0.312. The second-order valence-corrected chi connectivity index (χ2v) is 6.56. The van der Waals surface area contributed by atoms with Gasteiger partial charge in [0.15, 0.2) is 0 Å². The number of nitrogen functional groups attached to an aromatic ring is 1. The van der Waals surface area contributed by atoms with Crippen molar-refractivity contribution in [3.05, 3.63) is 50.7 Å². The number of hydrogen-bond donors (Lipinski definition) is 2. The summed E-state index contributed by atoms with van der Waals surface area (Å²) in [5, 5.41) is 3.02. The van der Waals surface area contributed by atoms with E-state index in [9.17, 15) is 4.79 Å². The average molecular weight is 288 g/mol. The normalized spacial score (nSPS) is 12.2. The van der Waals surface area contributed by atoms with Crippen LogP contribution in [0.5, 0.6) is 0 Å². The second kappa shape index (κ2) is 5.67. The van der Waals surface area contributed by atoms with E-state index in [2.05, 4.69) is 25.2 Å². The molecule has 0 saturated heterocycles. The third kappa shape index (κ3) is 2.85. The first kappa shape index (κ1) is 14.6. The summed E-state index contributed by atoms with van der Waals surface area (Å²) in [5.41, 5.74) is 9.16. The van der Waals surface area contributed by atoms with Crippen LogP contribution in [0.4, 0.5) is 5.69 Å². The number of benzene rings is 1. The molecule has 2 rings (SSSR count). The summed E-state index contributed by atoms with van der Waals surface area (Å²) in [6.45, 7) is 8.06. The Hall–Kier alpha value is -1.81. The maximum absolute atomic E-state index is 12.3. The molecule has 0 spiro atoms. The molecule has 1 unspecified atom stereocenters. The van der Waals surface area contributed by atoms with Crippen LogP contribution in [0.2, 0.25) is 0 Å². The number of aryl methyl sites for hydroxylation is 3. The van der Waals surface area contributed by atoms with Crippen LogP contribution in [0.25, 0.3) is 0 Å². The molecule has 1 amide bonds. The number of rotatable bonds is 3. The predicted octanol–water partition coefficient (Wildman–Crippen LogP) is 3.75. The molecule has 3 N–H and O–H groups in total. The third-order valence-electron chi connectivity index (χ3n) is 3.46. The third-order valence-corrected chi connectivity index (χ3v) is 4.44. The Labute approximate surface area is 123 Å². The number of nitrogens with two attached hydrogens (primary N) is 1. The van der Waals surface area contributed by atoms with Gasteiger partial charge in [0.05, 0.1) is 11.6 Å². The molecule has 106 valence electrons. The molecular weight excluding hydrogens is 268 g/mol. The van der Waals surface area contributed by atoms with E-state index in [4.69, 9.17) is 5.73 Å². The highest BCUT2D eigenvalue weighted by Crippen LogP contribution is 2.26. The molecule has 3 nitrogen and oxygen atoms in total. The number of hydrogen-bond acceptors (Lipinski definition) is 3. The summed E-state index contributed by atoms with van der Waals surface area (Å²) in [6, 6.07) is 7.63. The Morgan fingerprint density at radius 3 is 2.60 bits per heavy atom. The van der Waals surface area contributed by atoms with Crippen molar-refractivity contribution in [2.24, 2.45) is 0 Å². The molecule has 1 heterocycles. The lowest BCUT2D eigenvalue weighted by Gasteiger charge is -2.15. The number of nitrogens with one attached hydrogen (secondary N) is 1. The molecule has 0 saturated carbocycles. The van der Waals surface area contributed by atoms with Crippen molar-refractivity contribution >= 4 is 22.9 Å². The lowest BCUT2D eigenvalue weighted by molar-refractivity contribution is 0.0940. The molecule has 0 radical (unpaired) electrons. The van der Waals surface area contributed by atoms with Gasteiger partial charge in [-0.05, 0) is 51.0 Å². The molecule has 1 aromatic heterocycles. The molecule has 0 aliphatic rings. The molecular formula is C16H20N2OS. The van der Waals surface area contributed by atoms with Crippen LogP contribution in [0.3, 0.4) is 0 Å². The molecule has 0 fully saturated rings. The Morgan fingerprint density at radius 1 is 1.30 bits per heavy atom. The van der Waals surface area contributed by atoms with Crippen LogP contribution in [0.15, 0.2) is 24.3 Å². The van der Waals surface area contributed by atoms with Gasteiger partial charge in [-0.15, -0.1) is 11.3 Å². The quantitative estimate of drug-likeness (QED) is 0.845. The molecule has 1 aromatic carbocycles. The largest absolute Gasteiger partial charge is 0.398 e. The van der Waals surface area contributed by atoms with Gasteiger partial charge in [-0.2, -0.15) is 0 Å². The van der Waals surface area contributed by atoms with Crippen molar-refractivity contribution in [1.82, 2.24) is 5.32 Å². The smallest absolute Gasteiger partial charge is 0.253 e. The fourth-order valence-corrected chi connectivity index (χ4v) is 3.33. The van der Waals surface area contributed by atoms with E-state index in [1.807, 2.05) is 26.0 Å². The minimum Gasteiger partial charge on any atom is -0.398 e. The van der Waals surface area contributed by atoms with E-state index >= 15 is 0 Å². The zero-order valence-corrected chi connectivity index (χ0v) is 13.1. The predicted molar refractivity (Wildman–Crippen MR) is 85.3 cm³/mol. The van der Waals surface area contributed by atoms with E-state index in [1.165, 1.54) is 15.3 Å². The monoisotopic (exact) mass is 288 g/mol. The van der Waals surface area contributed by atoms with Gasteiger partial charge in [0.2, 0.25) is 0 Å². The number of thiophene rings is 1. The van der Waals surface area contributed by atoms with Gasteiger partial charge in [0.25, 0.3) is 5.91 Å². The Morgan fingerprint density at radius 2 is 2.00 bits per heavy atom. The zero-order valence-electron chi connectivity index (χ0n) is 12.3. The topological polar surface area (TPSA) is 55.1 Å². The number of carbonyl (C=O) groups excluding carboxylic acids is 1. The van der Waals surface area contributed by atoms with E-state index in [1.54, 1.807) is 17.4 Å². The van der Waals surface area contributed by atoms with Crippen LogP contribution in [0.1, 0.15) is 44.2 Å². The van der Waals surface area contributed by atoms with Crippen molar-refractivity contribution < 1.29 is 4.79 Å². The summed E-state index contributed by atoms with van der Waals surface area (Å²) in [4.78, 5) is 14.8. The molecule has 0 aliphatic heterocycles. The van der Waals surface area contributed by atoms with Crippen molar-refractivity contribution in [1.29, 1.82) is 0 Å². The van der Waals surface area contributed by atoms with Crippen molar-refractivity contribution in [3.8, 4) is 0 Å². The summed E-state index contributed by atoms with van der Waals surface area (Å²) in [6.07, 6.45) is 0. The number of carbonyl (C=O) groups is 1. The number of anilines is 1. The summed E-state index contributed by atoms with van der Waals surface area (Å²) in [7, 11) is 0. The summed E-state index contributed by atoms with van der Waals surface area (Å²) >= 11 is 1.75. The molecule has 20 heavy (non-hydrogen) atoms. The molecule has 0 bridgehead atoms. The first-order valence-corrected chi connectivity index (χ1v) is 7.44. The maximum atomic E-state index is 12.3. The lowest BCUT2D eigenvalue weighted by Crippen LogP contribution is -2.27. The van der Waals surface area contributed by atoms with E-state index in [0.29, 0.717) is 11.3 Å². The van der Waals surface area contributed by atoms with Crippen molar-refractivity contribution in [2.45, 2.75) is 33.7 Å². The summed E-state index contributed by atoms with van der Waals surface area (Å²) < 4.78 is 0. The second-order valence-electron chi connectivity index (χ2n) is 5.10. The Balaban J connectivity index is 2.19. The van der Waals surface area contributed by atoms with Gasteiger partial charge in [0, 0.05) is 15.4 Å². The van der Waals surface area contributed by atoms with Crippen molar-refractivity contribution in [3.63, 3.8) is 0 Å². The minimum atomic E-state index is -0.123. The SMILES string of the molecule is Cc1cc(C(C)NC(=O)c2cccc(C)c2N)c(C)s1. The number of para-hydroxylation sites is 1. The highest BCUT2D eigenvalue weighted by atomic mass is 32.1. The maximum Gasteiger partial charge on any atom is 0.253 e. The minimum absolute atomic E-state index is 0.0210. The average Bonchev–Trinajstić information content (AvgIpc) is 2.71. The first-order chi connectivity index (χ1) is 9.40. The van der Waals surface area contributed by atoms with Gasteiger partial charge < -0.3 is 11.1 Å².